The molecule has 0 aliphatic carbocycles. The second kappa shape index (κ2) is 10.8. The van der Waals surface area contributed by atoms with E-state index in [-0.39, 0.29) is 23.7 Å². The Morgan fingerprint density at radius 1 is 1.19 bits per heavy atom. The molecule has 1 aromatic carbocycles. The van der Waals surface area contributed by atoms with Crippen LogP contribution in [-0.2, 0) is 4.79 Å². The molecule has 0 unspecified atom stereocenters. The number of hydrogen-bond donors (Lipinski definition) is 3. The Kier molecular flexibility index (Phi) is 7.39. The van der Waals surface area contributed by atoms with E-state index in [0.29, 0.717) is 54.2 Å². The molecule has 188 valence electrons. The molecule has 0 spiro atoms. The first kappa shape index (κ1) is 24.6. The predicted octanol–water partition coefficient (Wildman–Crippen LogP) is 2.15. The average Bonchev–Trinajstić information content (AvgIpc) is 3.30. The van der Waals surface area contributed by atoms with Gasteiger partial charge in [-0.05, 0) is 18.8 Å². The Bertz CT molecular complexity index is 1290. The molecular formula is C24H28N8O4. The molecule has 0 bridgehead atoms. The predicted molar refractivity (Wildman–Crippen MR) is 132 cm³/mol. The minimum atomic E-state index is -0.669. The Balaban J connectivity index is 1.49. The molecule has 3 heterocycles. The first-order valence-electron chi connectivity index (χ1n) is 11.5. The number of hydrogen-bond acceptors (Lipinski definition) is 9. The van der Waals surface area contributed by atoms with E-state index in [4.69, 9.17) is 20.5 Å². The summed E-state index contributed by atoms with van der Waals surface area (Å²) in [4.78, 5) is 35.0. The third-order valence-electron chi connectivity index (χ3n) is 6.13. The van der Waals surface area contributed by atoms with Gasteiger partial charge in [0.15, 0.2) is 5.65 Å². The maximum atomic E-state index is 12.4. The minimum Gasteiger partial charge on any atom is -0.497 e. The van der Waals surface area contributed by atoms with Crippen LogP contribution in [0.4, 0.5) is 17.3 Å². The average molecular weight is 493 g/mol. The lowest BCUT2D eigenvalue weighted by atomic mass is 9.96. The first-order chi connectivity index (χ1) is 17.4. The smallest absolute Gasteiger partial charge is 0.256 e. The van der Waals surface area contributed by atoms with Crippen LogP contribution >= 0.6 is 0 Å². The van der Waals surface area contributed by atoms with Crippen LogP contribution in [-0.4, -0.2) is 64.9 Å². The summed E-state index contributed by atoms with van der Waals surface area (Å²) in [7, 11) is 3.10. The second-order valence-electron chi connectivity index (χ2n) is 8.46. The summed E-state index contributed by atoms with van der Waals surface area (Å²) in [6.07, 6.45) is 4.90. The molecule has 1 saturated heterocycles. The summed E-state index contributed by atoms with van der Waals surface area (Å²) in [5.74, 6) is 1.57. The van der Waals surface area contributed by atoms with Crippen molar-refractivity contribution in [1.29, 1.82) is 5.26 Å². The molecule has 4 N–H and O–H groups in total. The Hall–Kier alpha value is -4.53. The van der Waals surface area contributed by atoms with E-state index >= 15 is 0 Å². The zero-order chi connectivity index (χ0) is 25.7. The highest BCUT2D eigenvalue weighted by atomic mass is 16.5. The number of rotatable bonds is 9. The molecule has 3 aromatic rings. The quantitative estimate of drug-likeness (QED) is 0.406. The molecular weight excluding hydrogens is 464 g/mol. The molecule has 12 nitrogen and oxygen atoms in total. The Labute approximate surface area is 208 Å². The van der Waals surface area contributed by atoms with E-state index in [0.717, 1.165) is 12.8 Å². The highest BCUT2D eigenvalue weighted by Crippen LogP contribution is 2.29. The van der Waals surface area contributed by atoms with E-state index in [9.17, 15) is 9.59 Å². The molecule has 1 fully saturated rings. The molecule has 0 atom stereocenters. The third-order valence-corrected chi connectivity index (χ3v) is 6.13. The fourth-order valence-electron chi connectivity index (χ4n) is 4.19. The molecule has 0 saturated carbocycles. The number of imidazole rings is 1. The van der Waals surface area contributed by atoms with Crippen molar-refractivity contribution in [2.45, 2.75) is 19.3 Å². The van der Waals surface area contributed by atoms with Crippen molar-refractivity contribution in [3.63, 3.8) is 0 Å². The van der Waals surface area contributed by atoms with Crippen LogP contribution in [0.15, 0.2) is 30.7 Å². The van der Waals surface area contributed by atoms with Crippen LogP contribution in [0.25, 0.3) is 5.65 Å². The van der Waals surface area contributed by atoms with Crippen LogP contribution in [0.3, 0.4) is 0 Å². The number of carbonyl (C=O) groups excluding carboxylic acids is 2. The van der Waals surface area contributed by atoms with Gasteiger partial charge in [0.05, 0.1) is 26.5 Å². The highest BCUT2D eigenvalue weighted by Gasteiger charge is 2.23. The molecule has 0 radical (unpaired) electrons. The number of methoxy groups -OCH3 is 2. The topological polar surface area (TPSA) is 160 Å². The number of likely N-dealkylation sites (tertiary alicyclic amines) is 1. The SMILES string of the molecule is COc1cc(Nc2ncn3cc(NCC4CCN(C(=O)CC#N)CC4)nc3c2C(N)=O)cc(OC)c1. The summed E-state index contributed by atoms with van der Waals surface area (Å²) in [5, 5.41) is 15.1. The van der Waals surface area contributed by atoms with Crippen molar-refractivity contribution < 1.29 is 19.1 Å². The first-order valence-corrected chi connectivity index (χ1v) is 11.5. The number of amides is 2. The molecule has 4 rings (SSSR count). The molecule has 2 aromatic heterocycles. The van der Waals surface area contributed by atoms with Gasteiger partial charge in [0.1, 0.15) is 41.4 Å². The van der Waals surface area contributed by atoms with Crippen molar-refractivity contribution in [2.24, 2.45) is 11.7 Å². The highest BCUT2D eigenvalue weighted by molar-refractivity contribution is 6.04. The number of nitriles is 1. The number of piperidine rings is 1. The fraction of sp³-hybridized carbons (Fsp3) is 0.375. The van der Waals surface area contributed by atoms with Crippen molar-refractivity contribution in [1.82, 2.24) is 19.3 Å². The summed E-state index contributed by atoms with van der Waals surface area (Å²) in [6, 6.07) is 7.13. The largest absolute Gasteiger partial charge is 0.497 e. The van der Waals surface area contributed by atoms with Gasteiger partial charge in [0, 0.05) is 43.5 Å². The van der Waals surface area contributed by atoms with Crippen molar-refractivity contribution >= 4 is 34.8 Å². The number of nitrogens with zero attached hydrogens (tertiary/aromatic N) is 5. The summed E-state index contributed by atoms with van der Waals surface area (Å²) >= 11 is 0. The Morgan fingerprint density at radius 3 is 2.50 bits per heavy atom. The number of ether oxygens (including phenoxy) is 2. The number of nitrogens with one attached hydrogen (secondary N) is 2. The number of fused-ring (bicyclic) bond motifs is 1. The monoisotopic (exact) mass is 492 g/mol. The molecule has 12 heteroatoms. The minimum absolute atomic E-state index is 0.0808. The number of nitrogens with two attached hydrogens (primary N) is 1. The number of primary amides is 1. The number of carbonyl (C=O) groups is 2. The third kappa shape index (κ3) is 5.41. The standard InChI is InChI=1S/C24H28N8O4/c1-35-17-9-16(10-18(11-17)36-2)29-23-21(22(26)34)24-30-19(13-32(24)14-28-23)27-12-15-4-7-31(8-5-15)20(33)3-6-25/h9-11,13-15,27,29H,3-5,7-8,12H2,1-2H3,(H2,26,34). The van der Waals surface area contributed by atoms with Gasteiger partial charge in [-0.15, -0.1) is 0 Å². The zero-order valence-corrected chi connectivity index (χ0v) is 20.2. The van der Waals surface area contributed by atoms with Gasteiger partial charge in [-0.2, -0.15) is 5.26 Å². The molecule has 1 aliphatic rings. The van der Waals surface area contributed by atoms with Crippen LogP contribution in [0, 0.1) is 17.2 Å². The second-order valence-corrected chi connectivity index (χ2v) is 8.46. The lowest BCUT2D eigenvalue weighted by Crippen LogP contribution is -2.39. The normalized spacial score (nSPS) is 13.8. The van der Waals surface area contributed by atoms with Gasteiger partial charge in [0.2, 0.25) is 5.91 Å². The summed E-state index contributed by atoms with van der Waals surface area (Å²) < 4.78 is 12.2. The van der Waals surface area contributed by atoms with E-state index < -0.39 is 5.91 Å². The van der Waals surface area contributed by atoms with E-state index in [1.165, 1.54) is 0 Å². The summed E-state index contributed by atoms with van der Waals surface area (Å²) in [5.41, 5.74) is 6.84. The van der Waals surface area contributed by atoms with Crippen LogP contribution in [0.2, 0.25) is 0 Å². The van der Waals surface area contributed by atoms with Gasteiger partial charge in [-0.25, -0.2) is 9.97 Å². The van der Waals surface area contributed by atoms with Gasteiger partial charge < -0.3 is 30.7 Å². The van der Waals surface area contributed by atoms with Gasteiger partial charge in [0.25, 0.3) is 5.91 Å². The fourth-order valence-corrected chi connectivity index (χ4v) is 4.19. The molecule has 36 heavy (non-hydrogen) atoms. The Morgan fingerprint density at radius 2 is 1.89 bits per heavy atom. The van der Waals surface area contributed by atoms with Crippen LogP contribution in [0.1, 0.15) is 29.6 Å². The molecule has 2 amide bonds. The maximum absolute atomic E-state index is 12.4. The number of aromatic nitrogens is 3. The zero-order valence-electron chi connectivity index (χ0n) is 20.2. The van der Waals surface area contributed by atoms with E-state index in [2.05, 4.69) is 20.6 Å². The van der Waals surface area contributed by atoms with Crippen LogP contribution < -0.4 is 25.8 Å². The lowest BCUT2D eigenvalue weighted by Gasteiger charge is -2.31. The van der Waals surface area contributed by atoms with Crippen molar-refractivity contribution in [2.75, 3.05) is 44.5 Å². The van der Waals surface area contributed by atoms with E-state index in [1.807, 2.05) is 6.07 Å². The van der Waals surface area contributed by atoms with Gasteiger partial charge >= 0.3 is 0 Å². The number of anilines is 3. The van der Waals surface area contributed by atoms with Crippen LogP contribution in [0.5, 0.6) is 11.5 Å². The molecule has 1 aliphatic heterocycles. The van der Waals surface area contributed by atoms with E-state index in [1.54, 1.807) is 54.2 Å². The lowest BCUT2D eigenvalue weighted by molar-refractivity contribution is -0.131. The summed E-state index contributed by atoms with van der Waals surface area (Å²) in [6.45, 7) is 1.94. The van der Waals surface area contributed by atoms with Gasteiger partial charge in [-0.1, -0.05) is 0 Å². The van der Waals surface area contributed by atoms with Gasteiger partial charge in [-0.3, -0.25) is 14.0 Å². The maximum Gasteiger partial charge on any atom is 0.256 e. The number of benzene rings is 1. The van der Waals surface area contributed by atoms with Crippen molar-refractivity contribution in [3.05, 3.63) is 36.3 Å². The van der Waals surface area contributed by atoms with Crippen molar-refractivity contribution in [3.8, 4) is 17.6 Å².